The third kappa shape index (κ3) is 3.44. The van der Waals surface area contributed by atoms with Gasteiger partial charge in [-0.05, 0) is 35.3 Å². The molecule has 0 saturated carbocycles. The average molecular weight is 371 g/mol. The zero-order valence-corrected chi connectivity index (χ0v) is 14.4. The first-order valence-electron chi connectivity index (χ1n) is 6.79. The summed E-state index contributed by atoms with van der Waals surface area (Å²) in [6.07, 6.45) is 0. The first kappa shape index (κ1) is 18.4. The summed E-state index contributed by atoms with van der Waals surface area (Å²) in [5.74, 6) is 0.155. The fourth-order valence-electron chi connectivity index (χ4n) is 2.39. The zero-order valence-electron chi connectivity index (χ0n) is 12.7. The molecule has 0 fully saturated rings. The van der Waals surface area contributed by atoms with Crippen LogP contribution in [0.15, 0.2) is 41.3 Å². The van der Waals surface area contributed by atoms with Crippen molar-refractivity contribution in [1.82, 2.24) is 0 Å². The van der Waals surface area contributed by atoms with Crippen molar-refractivity contribution < 1.29 is 22.8 Å². The molecule has 24 heavy (non-hydrogen) atoms. The fraction of sp³-hybridized carbons (Fsp3) is 0.143. The van der Waals surface area contributed by atoms with Gasteiger partial charge in [0.25, 0.3) is 10.0 Å². The lowest BCUT2D eigenvalue weighted by atomic mass is 9.79. The molecule has 1 aliphatic heterocycles. The maximum absolute atomic E-state index is 12.5. The number of fused-ring (bicyclic) bond motifs is 1. The molecule has 10 heteroatoms. The van der Waals surface area contributed by atoms with Crippen molar-refractivity contribution in [3.05, 3.63) is 42.0 Å². The Morgan fingerprint density at radius 3 is 2.75 bits per heavy atom. The molecule has 0 saturated heterocycles. The van der Waals surface area contributed by atoms with Gasteiger partial charge in [0.2, 0.25) is 0 Å². The molecular formula is C14H16BClN2O5S. The van der Waals surface area contributed by atoms with E-state index in [9.17, 15) is 13.4 Å². The van der Waals surface area contributed by atoms with E-state index in [1.54, 1.807) is 18.2 Å². The number of nitrogens with one attached hydrogen (secondary N) is 1. The second-order valence-electron chi connectivity index (χ2n) is 5.09. The largest absolute Gasteiger partial charge is 0.495 e. The van der Waals surface area contributed by atoms with Crippen LogP contribution in [-0.4, -0.2) is 27.7 Å². The van der Waals surface area contributed by atoms with E-state index in [0.29, 0.717) is 23.4 Å². The van der Waals surface area contributed by atoms with Crippen molar-refractivity contribution in [1.29, 1.82) is 0 Å². The minimum absolute atomic E-state index is 0. The molecule has 1 aliphatic rings. The molecule has 0 radical (unpaired) electrons. The molecule has 2 aromatic rings. The Morgan fingerprint density at radius 1 is 1.29 bits per heavy atom. The maximum atomic E-state index is 12.5. The van der Waals surface area contributed by atoms with Crippen molar-refractivity contribution in [2.24, 2.45) is 0 Å². The smallest absolute Gasteiger partial charge is 0.491 e. The van der Waals surface area contributed by atoms with Crippen LogP contribution in [0.1, 0.15) is 5.56 Å². The summed E-state index contributed by atoms with van der Waals surface area (Å²) in [5.41, 5.74) is 7.74. The first-order valence-corrected chi connectivity index (χ1v) is 8.28. The zero-order chi connectivity index (χ0) is 16.6. The highest BCUT2D eigenvalue weighted by Gasteiger charge is 2.28. The molecule has 0 spiro atoms. The van der Waals surface area contributed by atoms with E-state index in [1.165, 1.54) is 25.3 Å². The standard InChI is InChI=1S/C14H15BN2O5S.ClH/c1-21-13-6-10(16)3-5-14(13)23(19,20)17-11-4-2-9-8-22-15(18)12(9)7-11;/h2-7,17-18H,8,16H2,1H3;1H. The minimum Gasteiger partial charge on any atom is -0.495 e. The first-order chi connectivity index (χ1) is 10.9. The van der Waals surface area contributed by atoms with E-state index in [1.807, 2.05) is 0 Å². The Hall–Kier alpha value is -1.94. The number of hydrogen-bond acceptors (Lipinski definition) is 6. The second kappa shape index (κ2) is 6.90. The Morgan fingerprint density at radius 2 is 2.04 bits per heavy atom. The van der Waals surface area contributed by atoms with Gasteiger partial charge in [0.15, 0.2) is 0 Å². The van der Waals surface area contributed by atoms with Gasteiger partial charge < -0.3 is 20.1 Å². The van der Waals surface area contributed by atoms with E-state index in [4.69, 9.17) is 15.1 Å². The fourth-order valence-corrected chi connectivity index (χ4v) is 3.60. The predicted octanol–water partition coefficient (Wildman–Crippen LogP) is 0.718. The highest BCUT2D eigenvalue weighted by atomic mass is 35.5. The van der Waals surface area contributed by atoms with Crippen LogP contribution in [0, 0.1) is 0 Å². The summed E-state index contributed by atoms with van der Waals surface area (Å²) in [6.45, 7) is 0.301. The summed E-state index contributed by atoms with van der Waals surface area (Å²) in [6, 6.07) is 9.17. The highest BCUT2D eigenvalue weighted by molar-refractivity contribution is 7.92. The topological polar surface area (TPSA) is 111 Å². The molecule has 0 bridgehead atoms. The number of hydrogen-bond donors (Lipinski definition) is 3. The van der Waals surface area contributed by atoms with Crippen molar-refractivity contribution in [2.75, 3.05) is 17.6 Å². The lowest BCUT2D eigenvalue weighted by Gasteiger charge is -2.13. The van der Waals surface area contributed by atoms with E-state index < -0.39 is 17.1 Å². The molecule has 0 aromatic heterocycles. The van der Waals surface area contributed by atoms with Crippen LogP contribution in [0.5, 0.6) is 5.75 Å². The third-order valence-corrected chi connectivity index (χ3v) is 4.96. The molecule has 0 amide bonds. The SMILES string of the molecule is COc1cc(N)ccc1S(=O)(=O)Nc1ccc2c(c1)B(O)OC2.Cl. The number of halogens is 1. The number of sulfonamides is 1. The molecule has 4 N–H and O–H groups in total. The molecule has 0 atom stereocenters. The molecule has 7 nitrogen and oxygen atoms in total. The van der Waals surface area contributed by atoms with Crippen molar-refractivity contribution in [3.8, 4) is 5.75 Å². The van der Waals surface area contributed by atoms with Crippen LogP contribution in [0.3, 0.4) is 0 Å². The molecular weight excluding hydrogens is 354 g/mol. The molecule has 2 aromatic carbocycles. The Bertz CT molecular complexity index is 862. The van der Waals surface area contributed by atoms with Crippen molar-refractivity contribution in [3.63, 3.8) is 0 Å². The minimum atomic E-state index is -3.86. The van der Waals surface area contributed by atoms with Crippen molar-refractivity contribution >= 4 is 46.4 Å². The molecule has 3 rings (SSSR count). The Labute approximate surface area is 146 Å². The van der Waals surface area contributed by atoms with Crippen LogP contribution in [-0.2, 0) is 21.3 Å². The number of methoxy groups -OCH3 is 1. The van der Waals surface area contributed by atoms with Crippen LogP contribution < -0.4 is 20.7 Å². The van der Waals surface area contributed by atoms with Gasteiger partial charge in [0.05, 0.1) is 13.7 Å². The van der Waals surface area contributed by atoms with Gasteiger partial charge in [-0.25, -0.2) is 8.42 Å². The Kier molecular flexibility index (Phi) is 5.29. The maximum Gasteiger partial charge on any atom is 0.491 e. The summed E-state index contributed by atoms with van der Waals surface area (Å²) >= 11 is 0. The van der Waals surface area contributed by atoms with Gasteiger partial charge in [0.1, 0.15) is 10.6 Å². The summed E-state index contributed by atoms with van der Waals surface area (Å²) < 4.78 is 37.7. The lowest BCUT2D eigenvalue weighted by molar-refractivity contribution is 0.275. The number of ether oxygens (including phenoxy) is 1. The lowest BCUT2D eigenvalue weighted by Crippen LogP contribution is -2.28. The third-order valence-electron chi connectivity index (χ3n) is 3.54. The van der Waals surface area contributed by atoms with Gasteiger partial charge in [-0.3, -0.25) is 4.72 Å². The molecule has 1 heterocycles. The van der Waals surface area contributed by atoms with Gasteiger partial charge in [-0.2, -0.15) is 0 Å². The molecule has 0 unspecified atom stereocenters. The highest BCUT2D eigenvalue weighted by Crippen LogP contribution is 2.28. The number of nitrogen functional groups attached to an aromatic ring is 1. The average Bonchev–Trinajstić information content (AvgIpc) is 2.87. The number of rotatable bonds is 4. The van der Waals surface area contributed by atoms with Gasteiger partial charge in [-0.1, -0.05) is 6.07 Å². The number of anilines is 2. The van der Waals surface area contributed by atoms with Crippen LogP contribution >= 0.6 is 12.4 Å². The normalized spacial score (nSPS) is 13.2. The number of benzene rings is 2. The summed E-state index contributed by atoms with van der Waals surface area (Å²) in [7, 11) is -3.53. The van der Waals surface area contributed by atoms with E-state index in [0.717, 1.165) is 5.56 Å². The van der Waals surface area contributed by atoms with Gasteiger partial charge in [0, 0.05) is 17.4 Å². The summed E-state index contributed by atoms with van der Waals surface area (Å²) in [5, 5.41) is 9.70. The van der Waals surface area contributed by atoms with Gasteiger partial charge >= 0.3 is 7.12 Å². The van der Waals surface area contributed by atoms with E-state index in [-0.39, 0.29) is 23.1 Å². The Balaban J connectivity index is 0.00000208. The second-order valence-corrected chi connectivity index (χ2v) is 6.74. The van der Waals surface area contributed by atoms with Crippen molar-refractivity contribution in [2.45, 2.75) is 11.5 Å². The quantitative estimate of drug-likeness (QED) is 0.540. The predicted molar refractivity (Wildman–Crippen MR) is 94.3 cm³/mol. The molecule has 128 valence electrons. The van der Waals surface area contributed by atoms with E-state index in [2.05, 4.69) is 4.72 Å². The van der Waals surface area contributed by atoms with E-state index >= 15 is 0 Å². The van der Waals surface area contributed by atoms with Crippen LogP contribution in [0.25, 0.3) is 0 Å². The number of nitrogens with two attached hydrogens (primary N) is 1. The van der Waals surface area contributed by atoms with Crippen LogP contribution in [0.2, 0.25) is 0 Å². The monoisotopic (exact) mass is 370 g/mol. The molecule has 0 aliphatic carbocycles. The van der Waals surface area contributed by atoms with Crippen LogP contribution in [0.4, 0.5) is 11.4 Å². The summed E-state index contributed by atoms with van der Waals surface area (Å²) in [4.78, 5) is -0.0218. The van der Waals surface area contributed by atoms with Gasteiger partial charge in [-0.15, -0.1) is 12.4 Å².